The Hall–Kier alpha value is -1.46. The summed E-state index contributed by atoms with van der Waals surface area (Å²) in [6.07, 6.45) is 8.01. The maximum atomic E-state index is 11.2. The van der Waals surface area contributed by atoms with E-state index in [4.69, 9.17) is 10.6 Å². The zero-order chi connectivity index (χ0) is 12.8. The minimum absolute atomic E-state index is 0.331. The number of hydrazine groups is 1. The van der Waals surface area contributed by atoms with Gasteiger partial charge in [-0.15, -0.1) is 0 Å². The number of pyridine rings is 1. The van der Waals surface area contributed by atoms with Gasteiger partial charge in [-0.2, -0.15) is 0 Å². The van der Waals surface area contributed by atoms with Gasteiger partial charge in [0.1, 0.15) is 0 Å². The summed E-state index contributed by atoms with van der Waals surface area (Å²) in [6.45, 7) is 0.509. The van der Waals surface area contributed by atoms with Crippen LogP contribution in [0, 0.1) is 0 Å². The molecule has 3 N–H and O–H groups in total. The highest BCUT2D eigenvalue weighted by Crippen LogP contribution is 2.21. The lowest BCUT2D eigenvalue weighted by molar-refractivity contribution is 0.0152. The lowest BCUT2D eigenvalue weighted by Crippen LogP contribution is -2.30. The molecule has 98 valence electrons. The Balaban J connectivity index is 1.84. The van der Waals surface area contributed by atoms with E-state index in [0.717, 1.165) is 18.5 Å². The summed E-state index contributed by atoms with van der Waals surface area (Å²) in [4.78, 5) is 15.4. The fourth-order valence-electron chi connectivity index (χ4n) is 2.16. The highest BCUT2D eigenvalue weighted by molar-refractivity contribution is 5.93. The molecule has 0 radical (unpaired) electrons. The molecule has 18 heavy (non-hydrogen) atoms. The van der Waals surface area contributed by atoms with Crippen molar-refractivity contribution >= 4 is 5.91 Å². The largest absolute Gasteiger partial charge is 0.372 e. The number of ether oxygens (including phenoxy) is 1. The molecule has 1 amide bonds. The third-order valence-corrected chi connectivity index (χ3v) is 3.24. The predicted octanol–water partition coefficient (Wildman–Crippen LogP) is 1.53. The number of nitrogens with one attached hydrogen (secondary N) is 1. The average molecular weight is 249 g/mol. The van der Waals surface area contributed by atoms with Crippen molar-refractivity contribution in [3.63, 3.8) is 0 Å². The fraction of sp³-hybridized carbons (Fsp3) is 0.538. The van der Waals surface area contributed by atoms with Crippen molar-refractivity contribution in [1.82, 2.24) is 10.4 Å². The molecular weight excluding hydrogens is 230 g/mol. The van der Waals surface area contributed by atoms with Gasteiger partial charge in [0.15, 0.2) is 0 Å². The molecule has 0 bridgehead atoms. The third-order valence-electron chi connectivity index (χ3n) is 3.24. The van der Waals surface area contributed by atoms with Crippen LogP contribution >= 0.6 is 0 Å². The topological polar surface area (TPSA) is 77.2 Å². The van der Waals surface area contributed by atoms with E-state index >= 15 is 0 Å². The monoisotopic (exact) mass is 249 g/mol. The van der Waals surface area contributed by atoms with E-state index in [1.165, 1.54) is 25.5 Å². The number of nitrogens with two attached hydrogens (primary N) is 1. The molecule has 1 fully saturated rings. The molecule has 0 aromatic carbocycles. The minimum atomic E-state index is -0.331. The Morgan fingerprint density at radius 2 is 2.17 bits per heavy atom. The van der Waals surface area contributed by atoms with Crippen molar-refractivity contribution in [2.75, 3.05) is 0 Å². The molecule has 1 aromatic rings. The van der Waals surface area contributed by atoms with Crippen LogP contribution in [0.25, 0.3) is 0 Å². The standard InChI is InChI=1S/C13H19N3O2/c14-16-13(17)10-6-7-11(15-8-10)9-18-12-4-2-1-3-5-12/h6-8,12H,1-5,9,14H2,(H,16,17). The molecule has 0 atom stereocenters. The van der Waals surface area contributed by atoms with Gasteiger partial charge >= 0.3 is 0 Å². The van der Waals surface area contributed by atoms with Crippen LogP contribution in [0.2, 0.25) is 0 Å². The van der Waals surface area contributed by atoms with Crippen LogP contribution < -0.4 is 11.3 Å². The van der Waals surface area contributed by atoms with Gasteiger partial charge in [-0.25, -0.2) is 5.84 Å². The molecule has 0 spiro atoms. The highest BCUT2D eigenvalue weighted by atomic mass is 16.5. The summed E-state index contributed by atoms with van der Waals surface area (Å²) in [6, 6.07) is 3.50. The van der Waals surface area contributed by atoms with Crippen LogP contribution in [-0.4, -0.2) is 17.0 Å². The van der Waals surface area contributed by atoms with Gasteiger partial charge in [0.25, 0.3) is 5.91 Å². The van der Waals surface area contributed by atoms with Gasteiger partial charge in [0.05, 0.1) is 24.0 Å². The molecular formula is C13H19N3O2. The van der Waals surface area contributed by atoms with Gasteiger partial charge < -0.3 is 4.74 Å². The van der Waals surface area contributed by atoms with Crippen LogP contribution in [0.15, 0.2) is 18.3 Å². The Labute approximate surface area is 107 Å². The predicted molar refractivity (Wildman–Crippen MR) is 67.6 cm³/mol. The average Bonchev–Trinajstić information content (AvgIpc) is 2.46. The summed E-state index contributed by atoms with van der Waals surface area (Å²) < 4.78 is 5.81. The molecule has 1 aliphatic carbocycles. The van der Waals surface area contributed by atoms with E-state index < -0.39 is 0 Å². The summed E-state index contributed by atoms with van der Waals surface area (Å²) in [5, 5.41) is 0. The Morgan fingerprint density at radius 3 is 2.78 bits per heavy atom. The smallest absolute Gasteiger partial charge is 0.266 e. The minimum Gasteiger partial charge on any atom is -0.372 e. The second-order valence-corrected chi connectivity index (χ2v) is 4.58. The van der Waals surface area contributed by atoms with Crippen molar-refractivity contribution in [3.8, 4) is 0 Å². The van der Waals surface area contributed by atoms with E-state index in [1.807, 2.05) is 0 Å². The maximum Gasteiger partial charge on any atom is 0.266 e. The molecule has 1 heterocycles. The molecule has 2 rings (SSSR count). The SMILES string of the molecule is NNC(=O)c1ccc(COC2CCCCC2)nc1. The Bertz CT molecular complexity index is 386. The van der Waals surface area contributed by atoms with E-state index in [0.29, 0.717) is 18.3 Å². The Morgan fingerprint density at radius 1 is 1.39 bits per heavy atom. The van der Waals surface area contributed by atoms with Crippen LogP contribution in [0.5, 0.6) is 0 Å². The van der Waals surface area contributed by atoms with Gasteiger partial charge in [0.2, 0.25) is 0 Å². The number of nitrogen functional groups attached to an aromatic ring is 1. The van der Waals surface area contributed by atoms with Crippen LogP contribution in [0.3, 0.4) is 0 Å². The molecule has 5 heteroatoms. The van der Waals surface area contributed by atoms with Gasteiger partial charge in [0, 0.05) is 6.20 Å². The normalized spacial score (nSPS) is 16.5. The number of hydrogen-bond donors (Lipinski definition) is 2. The van der Waals surface area contributed by atoms with Gasteiger partial charge in [-0.3, -0.25) is 15.2 Å². The summed E-state index contributed by atoms with van der Waals surface area (Å²) in [5.74, 6) is 4.72. The number of carbonyl (C=O) groups excluding carboxylic acids is 1. The molecule has 0 saturated heterocycles. The van der Waals surface area contributed by atoms with Crippen LogP contribution in [-0.2, 0) is 11.3 Å². The third kappa shape index (κ3) is 3.51. The second kappa shape index (κ2) is 6.47. The summed E-state index contributed by atoms with van der Waals surface area (Å²) >= 11 is 0. The molecule has 1 saturated carbocycles. The summed E-state index contributed by atoms with van der Waals surface area (Å²) in [7, 11) is 0. The van der Waals surface area contributed by atoms with E-state index in [2.05, 4.69) is 10.4 Å². The first-order valence-electron chi connectivity index (χ1n) is 6.37. The second-order valence-electron chi connectivity index (χ2n) is 4.58. The highest BCUT2D eigenvalue weighted by Gasteiger charge is 2.13. The molecule has 1 aliphatic rings. The zero-order valence-electron chi connectivity index (χ0n) is 10.4. The quantitative estimate of drug-likeness (QED) is 0.482. The fourth-order valence-corrected chi connectivity index (χ4v) is 2.16. The van der Waals surface area contributed by atoms with E-state index in [9.17, 15) is 4.79 Å². The first kappa shape index (κ1) is 13.0. The number of aromatic nitrogens is 1. The zero-order valence-corrected chi connectivity index (χ0v) is 10.4. The first-order chi connectivity index (χ1) is 8.79. The van der Waals surface area contributed by atoms with Gasteiger partial charge in [-0.05, 0) is 25.0 Å². The number of carbonyl (C=O) groups is 1. The first-order valence-corrected chi connectivity index (χ1v) is 6.37. The lowest BCUT2D eigenvalue weighted by Gasteiger charge is -2.21. The van der Waals surface area contributed by atoms with Crippen LogP contribution in [0.4, 0.5) is 0 Å². The van der Waals surface area contributed by atoms with E-state index in [1.54, 1.807) is 12.1 Å². The molecule has 0 unspecified atom stereocenters. The van der Waals surface area contributed by atoms with Crippen LogP contribution in [0.1, 0.15) is 48.2 Å². The van der Waals surface area contributed by atoms with Gasteiger partial charge in [-0.1, -0.05) is 19.3 Å². The summed E-state index contributed by atoms with van der Waals surface area (Å²) in [5.41, 5.74) is 3.37. The number of amides is 1. The maximum absolute atomic E-state index is 11.2. The lowest BCUT2D eigenvalue weighted by atomic mass is 9.98. The Kier molecular flexibility index (Phi) is 4.66. The van der Waals surface area contributed by atoms with Crippen molar-refractivity contribution in [1.29, 1.82) is 0 Å². The molecule has 0 aliphatic heterocycles. The number of hydrogen-bond acceptors (Lipinski definition) is 4. The molecule has 5 nitrogen and oxygen atoms in total. The number of rotatable bonds is 4. The van der Waals surface area contributed by atoms with E-state index in [-0.39, 0.29) is 5.91 Å². The van der Waals surface area contributed by atoms with Crippen molar-refractivity contribution in [2.45, 2.75) is 44.8 Å². The molecule has 1 aromatic heterocycles. The van der Waals surface area contributed by atoms with Crippen molar-refractivity contribution < 1.29 is 9.53 Å². The van der Waals surface area contributed by atoms with Crippen molar-refractivity contribution in [3.05, 3.63) is 29.6 Å². The number of nitrogens with zero attached hydrogens (tertiary/aromatic N) is 1. The van der Waals surface area contributed by atoms with Crippen molar-refractivity contribution in [2.24, 2.45) is 5.84 Å².